The largest absolute Gasteiger partial charge is 0.328 e. The smallest absolute Gasteiger partial charge is 0.232 e. The Morgan fingerprint density at radius 1 is 1.00 bits per heavy atom. The summed E-state index contributed by atoms with van der Waals surface area (Å²) in [6.07, 6.45) is 0. The summed E-state index contributed by atoms with van der Waals surface area (Å²) in [5.41, 5.74) is 0.531. The van der Waals surface area contributed by atoms with E-state index in [2.05, 4.69) is 47.8 Å². The summed E-state index contributed by atoms with van der Waals surface area (Å²) >= 11 is 8.74. The van der Waals surface area contributed by atoms with E-state index in [9.17, 15) is 22.8 Å². The SMILES string of the molecule is O=C(CBr)NC[18F].O=C(CBr)c1ccc([18F])cc1.[18F]CCBr. The van der Waals surface area contributed by atoms with Crippen molar-refractivity contribution >= 4 is 59.5 Å². The second kappa shape index (κ2) is 17.0. The average molecular weight is 511 g/mol. The molecule has 0 saturated carbocycles. The first-order valence-electron chi connectivity index (χ1n) is 5.82. The molecule has 1 amide bonds. The van der Waals surface area contributed by atoms with Gasteiger partial charge in [-0.15, -0.1) is 0 Å². The molecule has 0 aliphatic carbocycles. The van der Waals surface area contributed by atoms with E-state index in [0.29, 0.717) is 10.9 Å². The van der Waals surface area contributed by atoms with Crippen LogP contribution in [0.15, 0.2) is 24.3 Å². The molecule has 126 valence electrons. The normalized spacial score (nSPS) is 8.82. The number of nitrogens with one attached hydrogen (secondary N) is 1. The van der Waals surface area contributed by atoms with Crippen molar-refractivity contribution in [3.63, 3.8) is 0 Å². The van der Waals surface area contributed by atoms with E-state index < -0.39 is 6.80 Å². The first-order valence-corrected chi connectivity index (χ1v) is 9.18. The van der Waals surface area contributed by atoms with E-state index >= 15 is 0 Å². The van der Waals surface area contributed by atoms with E-state index in [1.54, 1.807) is 0 Å². The lowest BCUT2D eigenvalue weighted by Gasteiger charge is -1.94. The minimum atomic E-state index is -0.787. The summed E-state index contributed by atoms with van der Waals surface area (Å²) < 4.78 is 34.1. The van der Waals surface area contributed by atoms with Gasteiger partial charge in [0.1, 0.15) is 5.82 Å². The van der Waals surface area contributed by atoms with E-state index in [0.717, 1.165) is 0 Å². The van der Waals surface area contributed by atoms with Crippen molar-refractivity contribution in [2.45, 2.75) is 0 Å². The highest BCUT2D eigenvalue weighted by Crippen LogP contribution is 2.04. The highest BCUT2D eigenvalue weighted by Gasteiger charge is 2.01. The number of hydrogen-bond donors (Lipinski definition) is 1. The molecule has 0 saturated heterocycles. The molecular weight excluding hydrogens is 496 g/mol. The lowest BCUT2D eigenvalue weighted by atomic mass is 10.1. The highest BCUT2D eigenvalue weighted by molar-refractivity contribution is 9.09. The summed E-state index contributed by atoms with van der Waals surface area (Å²) in [5.74, 6) is -0.691. The van der Waals surface area contributed by atoms with Crippen LogP contribution in [0.5, 0.6) is 0 Å². The molecule has 22 heavy (non-hydrogen) atoms. The van der Waals surface area contributed by atoms with Crippen LogP contribution < -0.4 is 5.32 Å². The van der Waals surface area contributed by atoms with E-state index in [4.69, 9.17) is 0 Å². The van der Waals surface area contributed by atoms with Crippen LogP contribution >= 0.6 is 47.8 Å². The molecule has 1 aromatic carbocycles. The maximum absolute atomic E-state index is 12.3. The summed E-state index contributed by atoms with van der Waals surface area (Å²) in [6.45, 7) is -1.05. The van der Waals surface area contributed by atoms with Crippen LogP contribution in [0.2, 0.25) is 0 Å². The Balaban J connectivity index is 0. The first kappa shape index (κ1) is 23.9. The lowest BCUT2D eigenvalue weighted by Crippen LogP contribution is -2.22. The predicted molar refractivity (Wildman–Crippen MR) is 92.2 cm³/mol. The molecule has 0 unspecified atom stereocenters. The van der Waals surface area contributed by atoms with Crippen LogP contribution in [0, 0.1) is 5.82 Å². The van der Waals surface area contributed by atoms with Crippen LogP contribution in [0.1, 0.15) is 10.4 Å². The van der Waals surface area contributed by atoms with Gasteiger partial charge in [0, 0.05) is 10.9 Å². The van der Waals surface area contributed by atoms with Crippen LogP contribution in [0.4, 0.5) is 13.2 Å². The maximum Gasteiger partial charge on any atom is 0.232 e. The molecule has 0 aliphatic rings. The highest BCUT2D eigenvalue weighted by atomic mass is 79.9. The standard InChI is InChI=1S/C8H6BrFO.C3H5BrFNO.C2H4BrF/c9-5-8(11)6-1-3-7(10)4-2-6;4-1-3(7)6-2-5;3-1-2-4/h1-4H,5H2;1-2H2,(H,6,7);1-2H2/i10-1;5-1;4-1. The van der Waals surface area contributed by atoms with Gasteiger partial charge in [-0.05, 0) is 24.3 Å². The number of halogens is 6. The number of alkyl halides is 5. The molecule has 1 aromatic rings. The molecule has 0 atom stereocenters. The third-order valence-corrected chi connectivity index (χ3v) is 3.06. The Hall–Kier alpha value is -0.410. The molecule has 0 radical (unpaired) electrons. The summed E-state index contributed by atoms with van der Waals surface area (Å²) in [4.78, 5) is 21.0. The Bertz CT molecular complexity index is 417. The van der Waals surface area contributed by atoms with Gasteiger partial charge in [0.2, 0.25) is 5.91 Å². The van der Waals surface area contributed by atoms with Crippen molar-refractivity contribution < 1.29 is 22.8 Å². The molecule has 0 fully saturated rings. The van der Waals surface area contributed by atoms with Gasteiger partial charge in [0.15, 0.2) is 12.6 Å². The summed E-state index contributed by atoms with van der Waals surface area (Å²) in [5, 5.41) is 2.85. The maximum atomic E-state index is 12.3. The molecule has 0 heterocycles. The zero-order valence-electron chi connectivity index (χ0n) is 11.4. The zero-order valence-corrected chi connectivity index (χ0v) is 16.2. The van der Waals surface area contributed by atoms with Gasteiger partial charge in [-0.25, -0.2) is 8.78 Å². The van der Waals surface area contributed by atoms with E-state index in [-0.39, 0.29) is 34.8 Å². The van der Waals surface area contributed by atoms with Crippen LogP contribution in [-0.2, 0) is 4.79 Å². The number of Topliss-reactive ketones (excluding diaryl/α,β-unsaturated/α-hetero) is 1. The quantitative estimate of drug-likeness (QED) is 0.367. The second-order valence-corrected chi connectivity index (χ2v) is 5.22. The lowest BCUT2D eigenvalue weighted by molar-refractivity contribution is -0.118. The molecule has 0 spiro atoms. The van der Waals surface area contributed by atoms with Gasteiger partial charge in [-0.2, -0.15) is 0 Å². The Morgan fingerprint density at radius 2 is 1.50 bits per heavy atom. The zero-order chi connectivity index (χ0) is 17.4. The monoisotopic (exact) mass is 508 g/mol. The summed E-state index contributed by atoms with van der Waals surface area (Å²) in [7, 11) is 0. The number of hydrogen-bond acceptors (Lipinski definition) is 2. The van der Waals surface area contributed by atoms with Gasteiger partial charge in [-0.1, -0.05) is 47.8 Å². The van der Waals surface area contributed by atoms with Crippen molar-refractivity contribution in [2.24, 2.45) is 0 Å². The molecule has 9 heteroatoms. The topological polar surface area (TPSA) is 46.2 Å². The number of ketones is 1. The van der Waals surface area contributed by atoms with Gasteiger partial charge in [-0.3, -0.25) is 14.0 Å². The van der Waals surface area contributed by atoms with Crippen LogP contribution in [0.3, 0.4) is 0 Å². The van der Waals surface area contributed by atoms with Crippen molar-refractivity contribution in [2.75, 3.05) is 29.5 Å². The van der Waals surface area contributed by atoms with Crippen LogP contribution in [0.25, 0.3) is 0 Å². The van der Waals surface area contributed by atoms with E-state index in [1.807, 2.05) is 5.32 Å². The molecule has 1 rings (SSSR count). The second-order valence-electron chi connectivity index (χ2n) is 3.31. The van der Waals surface area contributed by atoms with Crippen molar-refractivity contribution in [3.8, 4) is 0 Å². The molecule has 1 N–H and O–H groups in total. The minimum absolute atomic E-state index is 0.0370. The molecule has 0 bridgehead atoms. The average Bonchev–Trinajstić information content (AvgIpc) is 2.55. The van der Waals surface area contributed by atoms with Gasteiger partial charge < -0.3 is 5.32 Å². The molecular formula is C13H15Br3F3NO2. The number of rotatable bonds is 5. The molecule has 0 aromatic heterocycles. The summed E-state index contributed by atoms with van der Waals surface area (Å²) in [6, 6.07) is 5.49. The third kappa shape index (κ3) is 14.5. The predicted octanol–water partition coefficient (Wildman–Crippen LogP) is 4.18. The number of benzene rings is 1. The van der Waals surface area contributed by atoms with Crippen LogP contribution in [-0.4, -0.2) is 41.2 Å². The van der Waals surface area contributed by atoms with Crippen molar-refractivity contribution in [1.29, 1.82) is 0 Å². The fourth-order valence-corrected chi connectivity index (χ4v) is 1.36. The first-order chi connectivity index (χ1) is 10.5. The van der Waals surface area contributed by atoms with Crippen molar-refractivity contribution in [3.05, 3.63) is 35.6 Å². The van der Waals surface area contributed by atoms with Gasteiger partial charge >= 0.3 is 0 Å². The Labute approximate surface area is 152 Å². The number of amides is 1. The van der Waals surface area contributed by atoms with Crippen molar-refractivity contribution in [1.82, 2.24) is 5.32 Å². The van der Waals surface area contributed by atoms with Gasteiger partial charge in [0.25, 0.3) is 0 Å². The number of carbonyl (C=O) groups excluding carboxylic acids is 2. The third-order valence-electron chi connectivity index (χ3n) is 1.74. The Morgan fingerprint density at radius 3 is 1.77 bits per heavy atom. The molecule has 0 aliphatic heterocycles. The fraction of sp³-hybridized carbons (Fsp3) is 0.385. The number of carbonyl (C=O) groups is 2. The Kier molecular flexibility index (Phi) is 18.4. The molecule has 3 nitrogen and oxygen atoms in total. The van der Waals surface area contributed by atoms with Gasteiger partial charge in [0.05, 0.1) is 17.3 Å². The minimum Gasteiger partial charge on any atom is -0.328 e. The fourth-order valence-electron chi connectivity index (χ4n) is 0.835. The van der Waals surface area contributed by atoms with E-state index in [1.165, 1.54) is 24.3 Å².